The number of nitrogens with one attached hydrogen (secondary N) is 1. The summed E-state index contributed by atoms with van der Waals surface area (Å²) in [5.74, 6) is 0.698. The molecule has 0 rings (SSSR count). The standard InChI is InChI=1S/C10H17BrN2.2C2H6/c1-4-6-7-10(11)8-13-9(3)12-5-2;2*1-2/h7-8,12H,3-6H2,1-2H3;2*1-2H3/b10-7+,13-8-;;. The summed E-state index contributed by atoms with van der Waals surface area (Å²) in [6.07, 6.45) is 6.08. The van der Waals surface area contributed by atoms with Crippen LogP contribution in [0.5, 0.6) is 0 Å². The lowest BCUT2D eigenvalue weighted by Crippen LogP contribution is -2.08. The zero-order valence-corrected chi connectivity index (χ0v) is 13.9. The van der Waals surface area contributed by atoms with Crippen LogP contribution in [0, 0.1) is 0 Å². The van der Waals surface area contributed by atoms with Gasteiger partial charge in [0.05, 0.1) is 0 Å². The average molecular weight is 305 g/mol. The Bertz CT molecular complexity index is 208. The third-order valence-corrected chi connectivity index (χ3v) is 1.88. The molecule has 0 aromatic heterocycles. The molecule has 0 aromatic carbocycles. The van der Waals surface area contributed by atoms with Gasteiger partial charge < -0.3 is 5.32 Å². The van der Waals surface area contributed by atoms with E-state index in [1.165, 1.54) is 0 Å². The lowest BCUT2D eigenvalue weighted by molar-refractivity contribution is 0.847. The van der Waals surface area contributed by atoms with Crippen LogP contribution in [0.3, 0.4) is 0 Å². The van der Waals surface area contributed by atoms with Crippen LogP contribution in [0.2, 0.25) is 0 Å². The fraction of sp³-hybridized carbons (Fsp3) is 0.643. The second-order valence-electron chi connectivity index (χ2n) is 2.61. The number of allylic oxidation sites excluding steroid dienone is 2. The average Bonchev–Trinajstić information content (AvgIpc) is 2.39. The molecule has 2 nitrogen and oxygen atoms in total. The minimum Gasteiger partial charge on any atom is -0.371 e. The molecule has 0 heterocycles. The van der Waals surface area contributed by atoms with E-state index in [2.05, 4.69) is 45.8 Å². The summed E-state index contributed by atoms with van der Waals surface area (Å²) in [7, 11) is 0. The molecule has 0 aliphatic rings. The van der Waals surface area contributed by atoms with Gasteiger partial charge in [-0.25, -0.2) is 4.99 Å². The maximum absolute atomic E-state index is 4.12. The van der Waals surface area contributed by atoms with Gasteiger partial charge in [-0.1, -0.05) is 53.7 Å². The molecule has 0 fully saturated rings. The van der Waals surface area contributed by atoms with Gasteiger partial charge >= 0.3 is 0 Å². The lowest BCUT2D eigenvalue weighted by Gasteiger charge is -1.98. The third-order valence-electron chi connectivity index (χ3n) is 1.35. The van der Waals surface area contributed by atoms with Crippen molar-refractivity contribution in [2.75, 3.05) is 6.54 Å². The van der Waals surface area contributed by atoms with Crippen molar-refractivity contribution in [3.05, 3.63) is 23.0 Å². The smallest absolute Gasteiger partial charge is 0.118 e. The second-order valence-corrected chi connectivity index (χ2v) is 3.53. The van der Waals surface area contributed by atoms with Crippen molar-refractivity contribution in [1.82, 2.24) is 5.32 Å². The zero-order chi connectivity index (χ0) is 14.1. The molecule has 0 unspecified atom stereocenters. The van der Waals surface area contributed by atoms with E-state index in [4.69, 9.17) is 0 Å². The lowest BCUT2D eigenvalue weighted by atomic mass is 10.3. The van der Waals surface area contributed by atoms with Crippen LogP contribution >= 0.6 is 15.9 Å². The predicted octanol–water partition coefficient (Wildman–Crippen LogP) is 5.27. The van der Waals surface area contributed by atoms with E-state index in [0.29, 0.717) is 5.82 Å². The molecular weight excluding hydrogens is 276 g/mol. The second kappa shape index (κ2) is 20.8. The van der Waals surface area contributed by atoms with Crippen molar-refractivity contribution in [3.8, 4) is 0 Å². The van der Waals surface area contributed by atoms with Gasteiger partial charge in [-0.15, -0.1) is 0 Å². The van der Waals surface area contributed by atoms with Gasteiger partial charge in [-0.3, -0.25) is 0 Å². The number of aliphatic imine (C=N–C) groups is 1. The highest BCUT2D eigenvalue weighted by atomic mass is 79.9. The Balaban J connectivity index is -0.000000439. The Morgan fingerprint density at radius 1 is 1.24 bits per heavy atom. The van der Waals surface area contributed by atoms with Gasteiger partial charge in [0.2, 0.25) is 0 Å². The molecule has 102 valence electrons. The molecule has 0 amide bonds. The molecule has 17 heavy (non-hydrogen) atoms. The van der Waals surface area contributed by atoms with Crippen molar-refractivity contribution >= 4 is 22.1 Å². The molecule has 0 radical (unpaired) electrons. The van der Waals surface area contributed by atoms with Crippen LogP contribution in [0.1, 0.15) is 54.4 Å². The van der Waals surface area contributed by atoms with Crippen LogP contribution in [0.4, 0.5) is 0 Å². The minimum atomic E-state index is 0.698. The molecule has 0 saturated carbocycles. The fourth-order valence-corrected chi connectivity index (χ4v) is 1.06. The van der Waals surface area contributed by atoms with Crippen LogP contribution in [0.25, 0.3) is 0 Å². The van der Waals surface area contributed by atoms with Crippen LogP contribution in [0.15, 0.2) is 28.0 Å². The number of unbranched alkanes of at least 4 members (excludes halogenated alkanes) is 1. The molecule has 0 aromatic rings. The molecular formula is C14H29BrN2. The summed E-state index contributed by atoms with van der Waals surface area (Å²) < 4.78 is 1.01. The molecule has 0 atom stereocenters. The van der Waals surface area contributed by atoms with Gasteiger partial charge in [-0.05, 0) is 29.3 Å². The Labute approximate surface area is 116 Å². The Morgan fingerprint density at radius 3 is 2.18 bits per heavy atom. The third kappa shape index (κ3) is 21.3. The topological polar surface area (TPSA) is 24.4 Å². The highest BCUT2D eigenvalue weighted by Crippen LogP contribution is 2.04. The molecule has 0 spiro atoms. The van der Waals surface area contributed by atoms with Crippen LogP contribution < -0.4 is 5.32 Å². The largest absolute Gasteiger partial charge is 0.371 e. The van der Waals surface area contributed by atoms with Crippen molar-refractivity contribution in [3.63, 3.8) is 0 Å². The first kappa shape index (κ1) is 21.7. The van der Waals surface area contributed by atoms with Crippen molar-refractivity contribution in [2.24, 2.45) is 4.99 Å². The Kier molecular flexibility index (Phi) is 26.5. The van der Waals surface area contributed by atoms with E-state index in [9.17, 15) is 0 Å². The summed E-state index contributed by atoms with van der Waals surface area (Å²) >= 11 is 3.40. The van der Waals surface area contributed by atoms with E-state index < -0.39 is 0 Å². The first-order valence-corrected chi connectivity index (χ1v) is 7.32. The van der Waals surface area contributed by atoms with Crippen molar-refractivity contribution in [2.45, 2.75) is 54.4 Å². The van der Waals surface area contributed by atoms with Gasteiger partial charge in [0, 0.05) is 17.2 Å². The van der Waals surface area contributed by atoms with E-state index in [1.54, 1.807) is 6.21 Å². The SMILES string of the molecule is C=C(/N=C\C(Br)=C/CCC)NCC.CC.CC. The van der Waals surface area contributed by atoms with Crippen molar-refractivity contribution in [1.29, 1.82) is 0 Å². The summed E-state index contributed by atoms with van der Waals surface area (Å²) in [6.45, 7) is 16.8. The quantitative estimate of drug-likeness (QED) is 0.664. The van der Waals surface area contributed by atoms with Gasteiger partial charge in [-0.2, -0.15) is 0 Å². The van der Waals surface area contributed by atoms with Crippen LogP contribution in [-0.2, 0) is 0 Å². The van der Waals surface area contributed by atoms with Crippen molar-refractivity contribution < 1.29 is 0 Å². The number of nitrogens with zero attached hydrogens (tertiary/aromatic N) is 1. The van der Waals surface area contributed by atoms with E-state index in [1.807, 2.05) is 34.6 Å². The van der Waals surface area contributed by atoms with E-state index in [0.717, 1.165) is 23.9 Å². The van der Waals surface area contributed by atoms with E-state index in [-0.39, 0.29) is 0 Å². The zero-order valence-electron chi connectivity index (χ0n) is 12.3. The monoisotopic (exact) mass is 304 g/mol. The highest BCUT2D eigenvalue weighted by Gasteiger charge is 1.86. The maximum Gasteiger partial charge on any atom is 0.118 e. The number of hydrogen-bond donors (Lipinski definition) is 1. The predicted molar refractivity (Wildman–Crippen MR) is 85.9 cm³/mol. The van der Waals surface area contributed by atoms with E-state index >= 15 is 0 Å². The Morgan fingerprint density at radius 2 is 1.76 bits per heavy atom. The molecule has 0 saturated heterocycles. The Hall–Kier alpha value is -0.570. The highest BCUT2D eigenvalue weighted by molar-refractivity contribution is 9.12. The summed E-state index contributed by atoms with van der Waals surface area (Å²) in [5.41, 5.74) is 0. The molecule has 0 aliphatic heterocycles. The first-order valence-electron chi connectivity index (χ1n) is 6.53. The first-order chi connectivity index (χ1) is 8.20. The maximum atomic E-state index is 4.12. The number of hydrogen-bond acceptors (Lipinski definition) is 2. The molecule has 0 bridgehead atoms. The summed E-state index contributed by atoms with van der Waals surface area (Å²) in [6, 6.07) is 0. The number of halogens is 1. The summed E-state index contributed by atoms with van der Waals surface area (Å²) in [4.78, 5) is 4.12. The summed E-state index contributed by atoms with van der Waals surface area (Å²) in [5, 5.41) is 3.02. The molecule has 0 aliphatic carbocycles. The normalized spacial score (nSPS) is 9.94. The fourth-order valence-electron chi connectivity index (χ4n) is 0.724. The minimum absolute atomic E-state index is 0.698. The van der Waals surface area contributed by atoms with Gasteiger partial charge in [0.15, 0.2) is 0 Å². The number of rotatable bonds is 6. The van der Waals surface area contributed by atoms with Crippen LogP contribution in [-0.4, -0.2) is 12.8 Å². The molecule has 3 heteroatoms. The van der Waals surface area contributed by atoms with Gasteiger partial charge in [0.1, 0.15) is 5.82 Å². The van der Waals surface area contributed by atoms with Gasteiger partial charge in [0.25, 0.3) is 0 Å². The molecule has 1 N–H and O–H groups in total.